The van der Waals surface area contributed by atoms with Gasteiger partial charge < -0.3 is 10.1 Å². The molecule has 0 radical (unpaired) electrons. The van der Waals surface area contributed by atoms with Crippen molar-refractivity contribution in [2.24, 2.45) is 0 Å². The zero-order valence-corrected chi connectivity index (χ0v) is 15.0. The Bertz CT molecular complexity index is 959. The second-order valence-corrected chi connectivity index (χ2v) is 7.18. The fraction of sp³-hybridized carbons (Fsp3) is 0.353. The molecular formula is C17H17N5O3S. The van der Waals surface area contributed by atoms with Gasteiger partial charge in [-0.1, -0.05) is 11.3 Å². The van der Waals surface area contributed by atoms with E-state index in [1.165, 1.54) is 18.4 Å². The molecule has 26 heavy (non-hydrogen) atoms. The third-order valence-corrected chi connectivity index (χ3v) is 5.11. The first-order valence-corrected chi connectivity index (χ1v) is 9.15. The van der Waals surface area contributed by atoms with Crippen LogP contribution in [0, 0.1) is 0 Å². The highest BCUT2D eigenvalue weighted by atomic mass is 32.1. The predicted molar refractivity (Wildman–Crippen MR) is 95.4 cm³/mol. The minimum Gasteiger partial charge on any atom is -0.465 e. The summed E-state index contributed by atoms with van der Waals surface area (Å²) < 4.78 is 6.45. The molecule has 0 aliphatic heterocycles. The fourth-order valence-corrected chi connectivity index (χ4v) is 3.46. The van der Waals surface area contributed by atoms with Crippen LogP contribution < -0.4 is 5.32 Å². The van der Waals surface area contributed by atoms with Gasteiger partial charge in [0.1, 0.15) is 5.01 Å². The minimum atomic E-state index is -0.406. The van der Waals surface area contributed by atoms with Crippen molar-refractivity contribution in [1.82, 2.24) is 19.8 Å². The largest absolute Gasteiger partial charge is 0.465 e. The molecule has 134 valence electrons. The van der Waals surface area contributed by atoms with Crippen molar-refractivity contribution in [2.45, 2.75) is 31.6 Å². The monoisotopic (exact) mass is 371 g/mol. The molecule has 1 aliphatic rings. The Morgan fingerprint density at radius 1 is 1.27 bits per heavy atom. The average molecular weight is 371 g/mol. The molecular weight excluding hydrogens is 354 g/mol. The molecule has 1 amide bonds. The lowest BCUT2D eigenvalue weighted by atomic mass is 10.2. The number of amides is 1. The Labute approximate surface area is 153 Å². The molecule has 1 N–H and O–H groups in total. The molecule has 2 aromatic heterocycles. The van der Waals surface area contributed by atoms with Gasteiger partial charge in [0.2, 0.25) is 10.9 Å². The molecule has 1 aromatic carbocycles. The second-order valence-electron chi connectivity index (χ2n) is 6.14. The molecule has 1 saturated carbocycles. The van der Waals surface area contributed by atoms with E-state index in [4.69, 9.17) is 0 Å². The summed E-state index contributed by atoms with van der Waals surface area (Å²) in [5.41, 5.74) is 1.08. The summed E-state index contributed by atoms with van der Waals surface area (Å²) in [6.45, 7) is 0. The molecule has 4 rings (SSSR count). The van der Waals surface area contributed by atoms with Gasteiger partial charge >= 0.3 is 5.97 Å². The van der Waals surface area contributed by atoms with Crippen molar-refractivity contribution < 1.29 is 14.3 Å². The summed E-state index contributed by atoms with van der Waals surface area (Å²) in [4.78, 5) is 24.3. The van der Waals surface area contributed by atoms with Crippen LogP contribution >= 0.6 is 11.3 Å². The molecule has 1 fully saturated rings. The molecule has 3 aromatic rings. The van der Waals surface area contributed by atoms with Gasteiger partial charge in [-0.3, -0.25) is 4.79 Å². The van der Waals surface area contributed by atoms with Crippen LogP contribution in [0.5, 0.6) is 0 Å². The Hall–Kier alpha value is -2.81. The van der Waals surface area contributed by atoms with Gasteiger partial charge in [-0.2, -0.15) is 9.61 Å². The molecule has 2 heterocycles. The number of ether oxygens (including phenoxy) is 1. The highest BCUT2D eigenvalue weighted by Crippen LogP contribution is 2.39. The van der Waals surface area contributed by atoms with E-state index in [1.807, 2.05) is 0 Å². The number of carbonyl (C=O) groups is 2. The van der Waals surface area contributed by atoms with E-state index in [-0.39, 0.29) is 5.91 Å². The Morgan fingerprint density at radius 3 is 2.73 bits per heavy atom. The second kappa shape index (κ2) is 6.83. The van der Waals surface area contributed by atoms with E-state index >= 15 is 0 Å². The summed E-state index contributed by atoms with van der Waals surface area (Å²) in [5, 5.41) is 16.6. The zero-order valence-electron chi connectivity index (χ0n) is 14.1. The normalized spacial score (nSPS) is 13.7. The predicted octanol–water partition coefficient (Wildman–Crippen LogP) is 2.42. The number of rotatable bonds is 6. The lowest BCUT2D eigenvalue weighted by molar-refractivity contribution is -0.116. The topological polar surface area (TPSA) is 98.5 Å². The number of methoxy groups -OCH3 is 1. The van der Waals surface area contributed by atoms with E-state index < -0.39 is 5.97 Å². The van der Waals surface area contributed by atoms with Crippen LogP contribution in [-0.4, -0.2) is 38.8 Å². The van der Waals surface area contributed by atoms with E-state index in [1.54, 1.807) is 28.8 Å². The van der Waals surface area contributed by atoms with Crippen molar-refractivity contribution in [2.75, 3.05) is 12.4 Å². The summed E-state index contributed by atoms with van der Waals surface area (Å²) in [5.74, 6) is 0.898. The van der Waals surface area contributed by atoms with Gasteiger partial charge in [0.15, 0.2) is 5.82 Å². The number of benzene rings is 1. The number of carbonyl (C=O) groups excluding carboxylic acids is 2. The Morgan fingerprint density at radius 2 is 2.04 bits per heavy atom. The molecule has 0 saturated heterocycles. The lowest BCUT2D eigenvalue weighted by Gasteiger charge is -2.05. The minimum absolute atomic E-state index is 0.107. The summed E-state index contributed by atoms with van der Waals surface area (Å²) in [6, 6.07) is 6.58. The van der Waals surface area contributed by atoms with Crippen molar-refractivity contribution in [3.8, 4) is 0 Å². The molecule has 0 spiro atoms. The van der Waals surface area contributed by atoms with Crippen molar-refractivity contribution in [1.29, 1.82) is 0 Å². The van der Waals surface area contributed by atoms with Crippen LogP contribution in [-0.2, 0) is 16.0 Å². The van der Waals surface area contributed by atoms with Gasteiger partial charge in [-0.05, 0) is 37.1 Å². The van der Waals surface area contributed by atoms with Gasteiger partial charge in [0.25, 0.3) is 0 Å². The summed E-state index contributed by atoms with van der Waals surface area (Å²) in [7, 11) is 1.33. The first-order chi connectivity index (χ1) is 12.6. The van der Waals surface area contributed by atoms with Gasteiger partial charge in [-0.25, -0.2) is 4.79 Å². The third-order valence-electron chi connectivity index (χ3n) is 4.16. The van der Waals surface area contributed by atoms with E-state index in [9.17, 15) is 9.59 Å². The fourth-order valence-electron chi connectivity index (χ4n) is 2.62. The highest BCUT2D eigenvalue weighted by molar-refractivity contribution is 7.16. The quantitative estimate of drug-likeness (QED) is 0.668. The summed E-state index contributed by atoms with van der Waals surface area (Å²) >= 11 is 1.47. The highest BCUT2D eigenvalue weighted by Gasteiger charge is 2.30. The average Bonchev–Trinajstić information content (AvgIpc) is 3.29. The van der Waals surface area contributed by atoms with Gasteiger partial charge in [-0.15, -0.1) is 10.2 Å². The number of esters is 1. The number of anilines is 1. The van der Waals surface area contributed by atoms with Crippen molar-refractivity contribution in [3.05, 3.63) is 40.7 Å². The van der Waals surface area contributed by atoms with E-state index in [0.717, 1.165) is 28.6 Å². The number of hydrogen-bond donors (Lipinski definition) is 1. The smallest absolute Gasteiger partial charge is 0.337 e. The number of aromatic nitrogens is 4. The van der Waals surface area contributed by atoms with E-state index in [2.05, 4.69) is 25.3 Å². The first kappa shape index (κ1) is 16.6. The maximum Gasteiger partial charge on any atom is 0.337 e. The zero-order chi connectivity index (χ0) is 18.1. The number of aryl methyl sites for hydroxylation is 1. The molecule has 0 bridgehead atoms. The van der Waals surface area contributed by atoms with Crippen LogP contribution in [0.4, 0.5) is 5.69 Å². The summed E-state index contributed by atoms with van der Waals surface area (Å²) in [6.07, 6.45) is 3.15. The van der Waals surface area contributed by atoms with Crippen LogP contribution in [0.2, 0.25) is 0 Å². The van der Waals surface area contributed by atoms with Crippen molar-refractivity contribution >= 4 is 33.9 Å². The molecule has 1 aliphatic carbocycles. The third kappa shape index (κ3) is 3.43. The molecule has 0 atom stereocenters. The van der Waals surface area contributed by atoms with Crippen LogP contribution in [0.1, 0.15) is 46.4 Å². The number of nitrogens with one attached hydrogen (secondary N) is 1. The van der Waals surface area contributed by atoms with Crippen LogP contribution in [0.15, 0.2) is 24.3 Å². The maximum absolute atomic E-state index is 12.1. The van der Waals surface area contributed by atoms with Gasteiger partial charge in [0, 0.05) is 24.4 Å². The Kier molecular flexibility index (Phi) is 4.37. The molecule has 0 unspecified atom stereocenters. The maximum atomic E-state index is 12.1. The van der Waals surface area contributed by atoms with Crippen molar-refractivity contribution in [3.63, 3.8) is 0 Å². The molecule has 9 heteroatoms. The SMILES string of the molecule is COC(=O)c1ccc(NC(=O)CCc2nn3c(C4CC4)nnc3s2)cc1. The van der Waals surface area contributed by atoms with E-state index in [0.29, 0.717) is 30.0 Å². The van der Waals surface area contributed by atoms with Crippen LogP contribution in [0.3, 0.4) is 0 Å². The Balaban J connectivity index is 1.34. The standard InChI is InChI=1S/C17H17N5O3S/c1-25-16(24)11-4-6-12(7-5-11)18-13(23)8-9-14-21-22-15(10-2-3-10)19-20-17(22)26-14/h4-7,10H,2-3,8-9H2,1H3,(H,18,23). The molecule has 8 nitrogen and oxygen atoms in total. The number of nitrogens with zero attached hydrogens (tertiary/aromatic N) is 4. The first-order valence-electron chi connectivity index (χ1n) is 8.33. The number of fused-ring (bicyclic) bond motifs is 1. The lowest BCUT2D eigenvalue weighted by Crippen LogP contribution is -2.12. The van der Waals surface area contributed by atoms with Crippen LogP contribution in [0.25, 0.3) is 4.96 Å². The van der Waals surface area contributed by atoms with Gasteiger partial charge in [0.05, 0.1) is 12.7 Å². The number of hydrogen-bond acceptors (Lipinski definition) is 7.